The van der Waals surface area contributed by atoms with E-state index in [1.54, 1.807) is 19.1 Å². The average Bonchev–Trinajstić information content (AvgIpc) is 2.65. The summed E-state index contributed by atoms with van der Waals surface area (Å²) in [6.07, 6.45) is -0.349. The van der Waals surface area contributed by atoms with Crippen molar-refractivity contribution in [3.05, 3.63) is 56.5 Å². The van der Waals surface area contributed by atoms with Gasteiger partial charge in [-0.05, 0) is 43.7 Å². The number of hydrogen-bond donors (Lipinski definition) is 3. The van der Waals surface area contributed by atoms with E-state index in [4.69, 9.17) is 44.3 Å². The molecule has 0 aliphatic rings. The lowest BCUT2D eigenvalue weighted by Gasteiger charge is -2.16. The number of aliphatic hydroxyl groups excluding tert-OH is 1. The Kier molecular flexibility index (Phi) is 15.7. The zero-order valence-corrected chi connectivity index (χ0v) is 21.3. The molecule has 2 rings (SSSR count). The fourth-order valence-corrected chi connectivity index (χ4v) is 3.39. The minimum Gasteiger partial charge on any atom is -0.490 e. The lowest BCUT2D eigenvalue weighted by Crippen LogP contribution is -2.31. The van der Waals surface area contributed by atoms with Gasteiger partial charge >= 0.3 is 0 Å². The maximum atomic E-state index is 9.23. The number of ether oxygens (including phenoxy) is 2. The molecule has 0 saturated heterocycles. The number of benzene rings is 2. The third kappa shape index (κ3) is 10.7. The highest BCUT2D eigenvalue weighted by Gasteiger charge is 2.14. The first-order valence-corrected chi connectivity index (χ1v) is 10.7. The first kappa shape index (κ1) is 30.4. The van der Waals surface area contributed by atoms with Crippen LogP contribution in [0.15, 0.2) is 30.3 Å². The SMILES string of the molecule is CCOc1cc(CNCCNCC(C)O)cc(Cl)c1OCc1ccc(Cl)cc1Cl.Cl.Cl. The van der Waals surface area contributed by atoms with E-state index in [1.807, 2.05) is 25.1 Å². The molecule has 0 heterocycles. The average molecular weight is 535 g/mol. The minimum absolute atomic E-state index is 0. The molecule has 0 fully saturated rings. The van der Waals surface area contributed by atoms with Crippen LogP contribution in [0.3, 0.4) is 0 Å². The standard InChI is InChI=1S/C21H27Cl3N2O3.2ClH/c1-3-28-20-9-15(12-26-7-6-25-11-14(2)27)8-19(24)21(20)29-13-16-4-5-17(22)10-18(16)23;;/h4-5,8-10,14,25-27H,3,6-7,11-13H2,1-2H3;2*1H. The van der Waals surface area contributed by atoms with Gasteiger partial charge in [0.2, 0.25) is 0 Å². The Bertz CT molecular complexity index is 794. The maximum absolute atomic E-state index is 9.23. The maximum Gasteiger partial charge on any atom is 0.180 e. The largest absolute Gasteiger partial charge is 0.490 e. The fourth-order valence-electron chi connectivity index (χ4n) is 2.64. The van der Waals surface area contributed by atoms with Crippen molar-refractivity contribution in [1.29, 1.82) is 0 Å². The van der Waals surface area contributed by atoms with Crippen molar-refractivity contribution in [3.63, 3.8) is 0 Å². The predicted molar refractivity (Wildman–Crippen MR) is 134 cm³/mol. The number of aliphatic hydroxyl groups is 1. The van der Waals surface area contributed by atoms with E-state index in [0.717, 1.165) is 24.2 Å². The molecule has 0 spiro atoms. The Morgan fingerprint density at radius 3 is 2.32 bits per heavy atom. The van der Waals surface area contributed by atoms with Gasteiger partial charge in [0.15, 0.2) is 11.5 Å². The number of rotatable bonds is 12. The smallest absolute Gasteiger partial charge is 0.180 e. The van der Waals surface area contributed by atoms with Crippen LogP contribution in [0.25, 0.3) is 0 Å². The van der Waals surface area contributed by atoms with E-state index < -0.39 is 0 Å². The molecule has 5 nitrogen and oxygen atoms in total. The number of hydrogen-bond acceptors (Lipinski definition) is 5. The van der Waals surface area contributed by atoms with Gasteiger partial charge in [0.25, 0.3) is 0 Å². The lowest BCUT2D eigenvalue weighted by atomic mass is 10.2. The second-order valence-corrected chi connectivity index (χ2v) is 7.84. The Hall–Kier alpha value is -0.630. The molecule has 0 bridgehead atoms. The van der Waals surface area contributed by atoms with Crippen molar-refractivity contribution in [3.8, 4) is 11.5 Å². The Labute approximate surface area is 211 Å². The van der Waals surface area contributed by atoms with E-state index >= 15 is 0 Å². The van der Waals surface area contributed by atoms with Gasteiger partial charge in [-0.3, -0.25) is 0 Å². The zero-order valence-electron chi connectivity index (χ0n) is 17.4. The molecule has 3 N–H and O–H groups in total. The van der Waals surface area contributed by atoms with Crippen molar-refractivity contribution in [1.82, 2.24) is 10.6 Å². The van der Waals surface area contributed by atoms with Crippen molar-refractivity contribution in [2.75, 3.05) is 26.2 Å². The minimum atomic E-state index is -0.349. The topological polar surface area (TPSA) is 62.8 Å². The molecule has 0 amide bonds. The van der Waals surface area contributed by atoms with Crippen LogP contribution in [0.1, 0.15) is 25.0 Å². The van der Waals surface area contributed by atoms with Crippen LogP contribution in [0.4, 0.5) is 0 Å². The lowest BCUT2D eigenvalue weighted by molar-refractivity contribution is 0.191. The molecule has 1 unspecified atom stereocenters. The summed E-state index contributed by atoms with van der Waals surface area (Å²) in [7, 11) is 0. The summed E-state index contributed by atoms with van der Waals surface area (Å²) in [5, 5.41) is 17.3. The molecule has 10 heteroatoms. The van der Waals surface area contributed by atoms with E-state index in [2.05, 4.69) is 10.6 Å². The number of nitrogens with one attached hydrogen (secondary N) is 2. The van der Waals surface area contributed by atoms with E-state index in [1.165, 1.54) is 0 Å². The van der Waals surface area contributed by atoms with Crippen molar-refractivity contribution in [2.45, 2.75) is 33.1 Å². The van der Waals surface area contributed by atoms with Crippen LogP contribution in [-0.2, 0) is 13.2 Å². The molecule has 31 heavy (non-hydrogen) atoms. The Balaban J connectivity index is 0.00000450. The summed E-state index contributed by atoms with van der Waals surface area (Å²) < 4.78 is 11.7. The van der Waals surface area contributed by atoms with E-state index in [9.17, 15) is 5.11 Å². The quantitative estimate of drug-likeness (QED) is 0.313. The van der Waals surface area contributed by atoms with Gasteiger partial charge in [-0.25, -0.2) is 0 Å². The summed E-state index contributed by atoms with van der Waals surface area (Å²) in [6.45, 7) is 7.15. The van der Waals surface area contributed by atoms with Gasteiger partial charge in [0.1, 0.15) is 6.61 Å². The van der Waals surface area contributed by atoms with Crippen molar-refractivity contribution >= 4 is 59.6 Å². The van der Waals surface area contributed by atoms with Gasteiger partial charge in [-0.1, -0.05) is 40.9 Å². The van der Waals surface area contributed by atoms with Gasteiger partial charge in [-0.2, -0.15) is 0 Å². The molecule has 0 radical (unpaired) electrons. The van der Waals surface area contributed by atoms with E-state index in [0.29, 0.717) is 46.3 Å². The molecule has 0 aliphatic carbocycles. The van der Waals surface area contributed by atoms with Crippen LogP contribution < -0.4 is 20.1 Å². The zero-order chi connectivity index (χ0) is 21.2. The highest BCUT2D eigenvalue weighted by Crippen LogP contribution is 2.37. The molecule has 1 atom stereocenters. The molecule has 2 aromatic carbocycles. The summed E-state index contributed by atoms with van der Waals surface area (Å²) in [5.74, 6) is 1.08. The molecule has 2 aromatic rings. The first-order valence-electron chi connectivity index (χ1n) is 9.52. The highest BCUT2D eigenvalue weighted by molar-refractivity contribution is 6.35. The highest BCUT2D eigenvalue weighted by atomic mass is 35.5. The Morgan fingerprint density at radius 1 is 0.968 bits per heavy atom. The summed E-state index contributed by atoms with van der Waals surface area (Å²) in [4.78, 5) is 0. The normalized spacial score (nSPS) is 11.3. The monoisotopic (exact) mass is 532 g/mol. The molecular formula is C21H29Cl5N2O3. The van der Waals surface area contributed by atoms with Gasteiger partial charge < -0.3 is 25.2 Å². The fraction of sp³-hybridized carbons (Fsp3) is 0.429. The summed E-state index contributed by atoms with van der Waals surface area (Å²) >= 11 is 18.6. The van der Waals surface area contributed by atoms with Crippen LogP contribution >= 0.6 is 59.6 Å². The van der Waals surface area contributed by atoms with Crippen LogP contribution in [0, 0.1) is 0 Å². The van der Waals surface area contributed by atoms with Gasteiger partial charge in [-0.15, -0.1) is 24.8 Å². The predicted octanol–water partition coefficient (Wildman–Crippen LogP) is 5.53. The second kappa shape index (κ2) is 16.1. The van der Waals surface area contributed by atoms with Crippen molar-refractivity contribution < 1.29 is 14.6 Å². The molecule has 0 saturated carbocycles. The summed E-state index contributed by atoms with van der Waals surface area (Å²) in [6, 6.07) is 9.05. The first-order chi connectivity index (χ1) is 13.9. The third-order valence-electron chi connectivity index (χ3n) is 4.00. The molecule has 0 aliphatic heterocycles. The van der Waals surface area contributed by atoms with Crippen LogP contribution in [0.5, 0.6) is 11.5 Å². The van der Waals surface area contributed by atoms with Gasteiger partial charge in [0.05, 0.1) is 17.7 Å². The second-order valence-electron chi connectivity index (χ2n) is 6.59. The summed E-state index contributed by atoms with van der Waals surface area (Å²) in [5.41, 5.74) is 1.80. The van der Waals surface area contributed by atoms with Crippen LogP contribution in [-0.4, -0.2) is 37.5 Å². The van der Waals surface area contributed by atoms with Crippen LogP contribution in [0.2, 0.25) is 15.1 Å². The molecule has 176 valence electrons. The molecular weight excluding hydrogens is 506 g/mol. The van der Waals surface area contributed by atoms with Crippen molar-refractivity contribution in [2.24, 2.45) is 0 Å². The third-order valence-corrected chi connectivity index (χ3v) is 4.87. The van der Waals surface area contributed by atoms with Gasteiger partial charge in [0, 0.05) is 41.8 Å². The van der Waals surface area contributed by atoms with E-state index in [-0.39, 0.29) is 37.5 Å². The number of halogens is 5. The Morgan fingerprint density at radius 2 is 1.68 bits per heavy atom. The molecule has 0 aromatic heterocycles.